The van der Waals surface area contributed by atoms with Gasteiger partial charge in [-0.1, -0.05) is 6.07 Å². The molecular formula is C13H11F2N5O. The molecule has 0 radical (unpaired) electrons. The first-order valence-electron chi connectivity index (χ1n) is 6.04. The van der Waals surface area contributed by atoms with Crippen LogP contribution in [0, 0.1) is 11.6 Å². The molecule has 8 heteroatoms. The van der Waals surface area contributed by atoms with E-state index in [9.17, 15) is 8.78 Å². The maximum Gasteiger partial charge on any atom is 0.245 e. The molecule has 2 aromatic heterocycles. The van der Waals surface area contributed by atoms with Crippen LogP contribution in [-0.2, 0) is 6.54 Å². The van der Waals surface area contributed by atoms with Crippen LogP contribution in [0.4, 0.5) is 14.7 Å². The van der Waals surface area contributed by atoms with Gasteiger partial charge >= 0.3 is 0 Å². The van der Waals surface area contributed by atoms with Gasteiger partial charge in [-0.15, -0.1) is 0 Å². The van der Waals surface area contributed by atoms with Crippen molar-refractivity contribution in [1.29, 1.82) is 0 Å². The standard InChI is InChI=1S/C13H11F2N5O/c1-21-12-10-11(17-6-18-12)20(13(16)19-10)5-7-2-3-8(14)4-9(7)15/h2-4,6H,5H2,1H3,(H2,16,19). The molecule has 0 aliphatic heterocycles. The molecule has 2 N–H and O–H groups in total. The number of benzene rings is 1. The van der Waals surface area contributed by atoms with Crippen LogP contribution in [0.25, 0.3) is 11.2 Å². The number of nitrogens with zero attached hydrogens (tertiary/aromatic N) is 4. The molecule has 3 aromatic rings. The number of halogens is 2. The number of imidazole rings is 1. The van der Waals surface area contributed by atoms with Crippen LogP contribution >= 0.6 is 0 Å². The minimum Gasteiger partial charge on any atom is -0.479 e. The van der Waals surface area contributed by atoms with E-state index in [-0.39, 0.29) is 23.9 Å². The molecule has 108 valence electrons. The molecular weight excluding hydrogens is 280 g/mol. The minimum atomic E-state index is -0.655. The molecule has 6 nitrogen and oxygen atoms in total. The molecule has 0 unspecified atom stereocenters. The fraction of sp³-hybridized carbons (Fsp3) is 0.154. The Hall–Kier alpha value is -2.77. The number of anilines is 1. The fourth-order valence-electron chi connectivity index (χ4n) is 2.06. The van der Waals surface area contributed by atoms with Gasteiger partial charge in [-0.3, -0.25) is 4.57 Å². The highest BCUT2D eigenvalue weighted by Crippen LogP contribution is 2.24. The molecule has 2 heterocycles. The number of aromatic nitrogens is 4. The van der Waals surface area contributed by atoms with Crippen LogP contribution in [0.5, 0.6) is 5.88 Å². The molecule has 0 saturated carbocycles. The van der Waals surface area contributed by atoms with Crippen LogP contribution in [0.15, 0.2) is 24.5 Å². The van der Waals surface area contributed by atoms with Crippen molar-refractivity contribution in [3.63, 3.8) is 0 Å². The summed E-state index contributed by atoms with van der Waals surface area (Å²) in [6.45, 7) is 0.0780. The van der Waals surface area contributed by atoms with E-state index in [1.165, 1.54) is 30.1 Å². The first-order chi connectivity index (χ1) is 10.1. The quantitative estimate of drug-likeness (QED) is 0.795. The van der Waals surface area contributed by atoms with Gasteiger partial charge in [0, 0.05) is 11.6 Å². The Kier molecular flexibility index (Phi) is 3.13. The van der Waals surface area contributed by atoms with Gasteiger partial charge in [0.25, 0.3) is 0 Å². The fourth-order valence-corrected chi connectivity index (χ4v) is 2.06. The number of rotatable bonds is 3. The van der Waals surface area contributed by atoms with Gasteiger partial charge in [0.2, 0.25) is 11.8 Å². The highest BCUT2D eigenvalue weighted by Gasteiger charge is 2.16. The predicted molar refractivity (Wildman–Crippen MR) is 71.7 cm³/mol. The summed E-state index contributed by atoms with van der Waals surface area (Å²) in [5.74, 6) is -0.862. The van der Waals surface area contributed by atoms with E-state index in [0.717, 1.165) is 6.07 Å². The molecule has 3 rings (SSSR count). The lowest BCUT2D eigenvalue weighted by Crippen LogP contribution is -2.07. The maximum atomic E-state index is 13.7. The SMILES string of the molecule is COc1ncnc2c1nc(N)n2Cc1ccc(F)cc1F. The summed E-state index contributed by atoms with van der Waals surface area (Å²) in [6.07, 6.45) is 1.31. The Labute approximate surface area is 118 Å². The van der Waals surface area contributed by atoms with E-state index >= 15 is 0 Å². The van der Waals surface area contributed by atoms with Crippen LogP contribution in [-0.4, -0.2) is 26.6 Å². The Balaban J connectivity index is 2.10. The van der Waals surface area contributed by atoms with Crippen LogP contribution in [0.2, 0.25) is 0 Å². The highest BCUT2D eigenvalue weighted by molar-refractivity contribution is 5.79. The number of nitrogens with two attached hydrogens (primary N) is 1. The van der Waals surface area contributed by atoms with Crippen molar-refractivity contribution >= 4 is 17.1 Å². The average molecular weight is 291 g/mol. The topological polar surface area (TPSA) is 78.8 Å². The Morgan fingerprint density at radius 1 is 1.29 bits per heavy atom. The van der Waals surface area contributed by atoms with E-state index in [2.05, 4.69) is 15.0 Å². The maximum absolute atomic E-state index is 13.7. The summed E-state index contributed by atoms with van der Waals surface area (Å²) in [6, 6.07) is 3.36. The number of nitrogen functional groups attached to an aromatic ring is 1. The number of ether oxygens (including phenoxy) is 1. The summed E-state index contributed by atoms with van der Waals surface area (Å²) in [4.78, 5) is 12.1. The van der Waals surface area contributed by atoms with Gasteiger partial charge in [0.05, 0.1) is 13.7 Å². The number of methoxy groups -OCH3 is 1. The van der Waals surface area contributed by atoms with Crippen molar-refractivity contribution in [3.8, 4) is 5.88 Å². The smallest absolute Gasteiger partial charge is 0.245 e. The Morgan fingerprint density at radius 3 is 2.81 bits per heavy atom. The van der Waals surface area contributed by atoms with E-state index in [1.54, 1.807) is 0 Å². The second-order valence-electron chi connectivity index (χ2n) is 4.35. The number of hydrogen-bond acceptors (Lipinski definition) is 5. The second-order valence-corrected chi connectivity index (χ2v) is 4.35. The third-order valence-corrected chi connectivity index (χ3v) is 3.06. The van der Waals surface area contributed by atoms with Crippen molar-refractivity contribution in [3.05, 3.63) is 41.7 Å². The molecule has 21 heavy (non-hydrogen) atoms. The lowest BCUT2D eigenvalue weighted by atomic mass is 10.2. The van der Waals surface area contributed by atoms with Crippen molar-refractivity contribution in [1.82, 2.24) is 19.5 Å². The zero-order valence-electron chi connectivity index (χ0n) is 11.0. The molecule has 0 fully saturated rings. The summed E-state index contributed by atoms with van der Waals surface area (Å²) in [7, 11) is 1.45. The summed E-state index contributed by atoms with van der Waals surface area (Å²) >= 11 is 0. The molecule has 0 atom stereocenters. The van der Waals surface area contributed by atoms with Crippen molar-refractivity contribution in [2.24, 2.45) is 0 Å². The van der Waals surface area contributed by atoms with Gasteiger partial charge < -0.3 is 10.5 Å². The van der Waals surface area contributed by atoms with Gasteiger partial charge in [0.1, 0.15) is 18.0 Å². The molecule has 0 bridgehead atoms. The van der Waals surface area contributed by atoms with Gasteiger partial charge in [-0.25, -0.2) is 18.7 Å². The average Bonchev–Trinajstić information content (AvgIpc) is 2.78. The number of fused-ring (bicyclic) bond motifs is 1. The van der Waals surface area contributed by atoms with Gasteiger partial charge in [-0.05, 0) is 6.07 Å². The van der Waals surface area contributed by atoms with Crippen molar-refractivity contribution in [2.45, 2.75) is 6.54 Å². The first kappa shape index (κ1) is 13.2. The summed E-state index contributed by atoms with van der Waals surface area (Å²) in [5.41, 5.74) is 6.92. The normalized spacial score (nSPS) is 11.0. The van der Waals surface area contributed by atoms with Gasteiger partial charge in [-0.2, -0.15) is 4.98 Å². The third kappa shape index (κ3) is 2.24. The zero-order valence-corrected chi connectivity index (χ0v) is 11.0. The largest absolute Gasteiger partial charge is 0.479 e. The molecule has 0 aliphatic carbocycles. The second kappa shape index (κ2) is 4.97. The molecule has 0 spiro atoms. The van der Waals surface area contributed by atoms with Crippen molar-refractivity contribution in [2.75, 3.05) is 12.8 Å². The molecule has 0 aliphatic rings. The highest BCUT2D eigenvalue weighted by atomic mass is 19.1. The van der Waals surface area contributed by atoms with E-state index in [1.807, 2.05) is 0 Å². The predicted octanol–water partition coefficient (Wildman–Crippen LogP) is 1.74. The third-order valence-electron chi connectivity index (χ3n) is 3.06. The van der Waals surface area contributed by atoms with Crippen LogP contribution < -0.4 is 10.5 Å². The lowest BCUT2D eigenvalue weighted by Gasteiger charge is -2.07. The van der Waals surface area contributed by atoms with Crippen LogP contribution in [0.3, 0.4) is 0 Å². The van der Waals surface area contributed by atoms with E-state index < -0.39 is 11.6 Å². The van der Waals surface area contributed by atoms with Crippen LogP contribution in [0.1, 0.15) is 5.56 Å². The number of hydrogen-bond donors (Lipinski definition) is 1. The van der Waals surface area contributed by atoms with E-state index in [0.29, 0.717) is 11.2 Å². The Bertz CT molecular complexity index is 818. The Morgan fingerprint density at radius 2 is 2.10 bits per heavy atom. The molecule has 1 aromatic carbocycles. The summed E-state index contributed by atoms with van der Waals surface area (Å²) < 4.78 is 33.3. The minimum absolute atomic E-state index is 0.0780. The zero-order chi connectivity index (χ0) is 15.0. The monoisotopic (exact) mass is 291 g/mol. The van der Waals surface area contributed by atoms with Crippen molar-refractivity contribution < 1.29 is 13.5 Å². The van der Waals surface area contributed by atoms with Gasteiger partial charge in [0.15, 0.2) is 11.2 Å². The van der Waals surface area contributed by atoms with E-state index in [4.69, 9.17) is 10.5 Å². The summed E-state index contributed by atoms with van der Waals surface area (Å²) in [5, 5.41) is 0. The molecule has 0 saturated heterocycles. The lowest BCUT2D eigenvalue weighted by molar-refractivity contribution is 0.401. The molecule has 0 amide bonds. The first-order valence-corrected chi connectivity index (χ1v) is 6.04.